The first-order chi connectivity index (χ1) is 9.31. The van der Waals surface area contributed by atoms with Gasteiger partial charge in [0.2, 0.25) is 10.0 Å². The zero-order valence-corrected chi connectivity index (χ0v) is 12.1. The van der Waals surface area contributed by atoms with E-state index in [4.69, 9.17) is 5.73 Å². The van der Waals surface area contributed by atoms with Gasteiger partial charge in [-0.1, -0.05) is 12.8 Å². The van der Waals surface area contributed by atoms with Gasteiger partial charge in [0, 0.05) is 17.3 Å². The van der Waals surface area contributed by atoms with Gasteiger partial charge < -0.3 is 10.8 Å². The first kappa shape index (κ1) is 15.2. The number of nitrogen functional groups attached to an aromatic ring is 1. The number of hydrogen-bond donors (Lipinski definition) is 3. The highest BCUT2D eigenvalue weighted by Gasteiger charge is 2.29. The average molecular weight is 302 g/mol. The van der Waals surface area contributed by atoms with E-state index >= 15 is 0 Å². The van der Waals surface area contributed by atoms with E-state index in [9.17, 15) is 17.9 Å². The third kappa shape index (κ3) is 3.11. The molecule has 0 spiro atoms. The Balaban J connectivity index is 2.31. The molecule has 20 heavy (non-hydrogen) atoms. The lowest BCUT2D eigenvalue weighted by Crippen LogP contribution is -2.45. The molecule has 4 N–H and O–H groups in total. The lowest BCUT2D eigenvalue weighted by Gasteiger charge is -2.28. The Morgan fingerprint density at radius 3 is 2.65 bits per heavy atom. The minimum Gasteiger partial charge on any atom is -0.399 e. The molecule has 0 aliphatic heterocycles. The molecule has 1 saturated carbocycles. The van der Waals surface area contributed by atoms with Gasteiger partial charge in [-0.2, -0.15) is 0 Å². The maximum atomic E-state index is 13.6. The number of nitrogens with one attached hydrogen (secondary N) is 1. The third-order valence-electron chi connectivity index (χ3n) is 3.64. The van der Waals surface area contributed by atoms with Crippen LogP contribution in [0.25, 0.3) is 0 Å². The van der Waals surface area contributed by atoms with Crippen molar-refractivity contribution in [1.29, 1.82) is 0 Å². The summed E-state index contributed by atoms with van der Waals surface area (Å²) in [6.45, 7) is 1.39. The molecule has 1 fully saturated rings. The number of halogens is 1. The molecule has 0 unspecified atom stereocenters. The third-order valence-corrected chi connectivity index (χ3v) is 5.26. The van der Waals surface area contributed by atoms with Crippen LogP contribution in [0.1, 0.15) is 31.2 Å². The van der Waals surface area contributed by atoms with Crippen LogP contribution in [0.15, 0.2) is 17.0 Å². The molecule has 0 aromatic heterocycles. The largest absolute Gasteiger partial charge is 0.399 e. The van der Waals surface area contributed by atoms with Gasteiger partial charge in [0.1, 0.15) is 5.82 Å². The molecule has 0 heterocycles. The number of sulfonamides is 1. The number of rotatable bonds is 3. The summed E-state index contributed by atoms with van der Waals surface area (Å²) in [5.41, 5.74) is 5.58. The van der Waals surface area contributed by atoms with Gasteiger partial charge >= 0.3 is 0 Å². The van der Waals surface area contributed by atoms with Gasteiger partial charge in [0.25, 0.3) is 0 Å². The van der Waals surface area contributed by atoms with Crippen LogP contribution in [0.3, 0.4) is 0 Å². The van der Waals surface area contributed by atoms with Crippen molar-refractivity contribution in [3.63, 3.8) is 0 Å². The van der Waals surface area contributed by atoms with E-state index in [1.54, 1.807) is 0 Å². The summed E-state index contributed by atoms with van der Waals surface area (Å²) >= 11 is 0. The van der Waals surface area contributed by atoms with E-state index in [1.165, 1.54) is 13.0 Å². The van der Waals surface area contributed by atoms with Crippen molar-refractivity contribution in [1.82, 2.24) is 4.72 Å². The van der Waals surface area contributed by atoms with Crippen molar-refractivity contribution in [2.45, 2.75) is 49.6 Å². The summed E-state index contributed by atoms with van der Waals surface area (Å²) in [7, 11) is -3.90. The SMILES string of the molecule is Cc1c(F)cc(N)cc1S(=O)(=O)N[C@@H]1CCCC[C@H]1O. The molecule has 1 aromatic rings. The standard InChI is InChI=1S/C13H19FN2O3S/c1-8-10(14)6-9(15)7-13(8)20(18,19)16-11-4-2-3-5-12(11)17/h6-7,11-12,16-17H,2-5,15H2,1H3/t11-,12-/m1/s1. The van der Waals surface area contributed by atoms with Gasteiger partial charge in [-0.25, -0.2) is 17.5 Å². The molecule has 0 bridgehead atoms. The number of nitrogens with two attached hydrogens (primary N) is 1. The minimum atomic E-state index is -3.90. The average Bonchev–Trinajstić information content (AvgIpc) is 2.36. The van der Waals surface area contributed by atoms with Crippen molar-refractivity contribution in [2.24, 2.45) is 0 Å². The summed E-state index contributed by atoms with van der Waals surface area (Å²) < 4.78 is 40.7. The number of aliphatic hydroxyl groups excluding tert-OH is 1. The zero-order chi connectivity index (χ0) is 14.9. The first-order valence-corrected chi connectivity index (χ1v) is 8.05. The van der Waals surface area contributed by atoms with E-state index in [1.807, 2.05) is 0 Å². The number of benzene rings is 1. The quantitative estimate of drug-likeness (QED) is 0.734. The lowest BCUT2D eigenvalue weighted by molar-refractivity contribution is 0.101. The Morgan fingerprint density at radius 2 is 2.00 bits per heavy atom. The summed E-state index contributed by atoms with van der Waals surface area (Å²) in [5, 5.41) is 9.83. The Labute approximate surface area is 118 Å². The fourth-order valence-corrected chi connectivity index (χ4v) is 4.06. The first-order valence-electron chi connectivity index (χ1n) is 6.57. The molecule has 0 amide bonds. The zero-order valence-electron chi connectivity index (χ0n) is 11.3. The number of aliphatic hydroxyl groups is 1. The van der Waals surface area contributed by atoms with Gasteiger partial charge in [-0.15, -0.1) is 0 Å². The lowest BCUT2D eigenvalue weighted by atomic mass is 9.93. The second kappa shape index (κ2) is 5.67. The van der Waals surface area contributed by atoms with Gasteiger partial charge in [-0.05, 0) is 31.9 Å². The van der Waals surface area contributed by atoms with Crippen molar-refractivity contribution in [3.8, 4) is 0 Å². The molecule has 1 aliphatic carbocycles. The molecule has 112 valence electrons. The van der Waals surface area contributed by atoms with E-state index in [0.717, 1.165) is 18.9 Å². The molecule has 0 saturated heterocycles. The van der Waals surface area contributed by atoms with Crippen molar-refractivity contribution in [3.05, 3.63) is 23.5 Å². The van der Waals surface area contributed by atoms with Crippen molar-refractivity contribution < 1.29 is 17.9 Å². The second-order valence-electron chi connectivity index (χ2n) is 5.21. The van der Waals surface area contributed by atoms with Crippen LogP contribution in [0.5, 0.6) is 0 Å². The number of hydrogen-bond acceptors (Lipinski definition) is 4. The monoisotopic (exact) mass is 302 g/mol. The van der Waals surface area contributed by atoms with E-state index in [2.05, 4.69) is 4.72 Å². The van der Waals surface area contributed by atoms with Crippen LogP contribution in [-0.2, 0) is 10.0 Å². The molecule has 5 nitrogen and oxygen atoms in total. The van der Waals surface area contributed by atoms with Crippen molar-refractivity contribution in [2.75, 3.05) is 5.73 Å². The predicted octanol–water partition coefficient (Wildman–Crippen LogP) is 1.30. The van der Waals surface area contributed by atoms with Crippen LogP contribution in [0.2, 0.25) is 0 Å². The fraction of sp³-hybridized carbons (Fsp3) is 0.538. The van der Waals surface area contributed by atoms with Crippen molar-refractivity contribution >= 4 is 15.7 Å². The summed E-state index contributed by atoms with van der Waals surface area (Å²) in [6, 6.07) is 1.79. The Hall–Kier alpha value is -1.18. The summed E-state index contributed by atoms with van der Waals surface area (Å²) in [4.78, 5) is -0.173. The Bertz CT molecular complexity index is 604. The number of anilines is 1. The molecule has 0 radical (unpaired) electrons. The van der Waals surface area contributed by atoms with Crippen LogP contribution in [-0.4, -0.2) is 25.7 Å². The van der Waals surface area contributed by atoms with Crippen LogP contribution < -0.4 is 10.5 Å². The van der Waals surface area contributed by atoms with Crippen LogP contribution in [0, 0.1) is 12.7 Å². The van der Waals surface area contributed by atoms with E-state index in [-0.39, 0.29) is 16.1 Å². The molecule has 1 aromatic carbocycles. The maximum Gasteiger partial charge on any atom is 0.241 e. The molecule has 2 atom stereocenters. The summed E-state index contributed by atoms with van der Waals surface area (Å²) in [6.07, 6.45) is 2.17. The van der Waals surface area contributed by atoms with Crippen LogP contribution >= 0.6 is 0 Å². The molecule has 2 rings (SSSR count). The van der Waals surface area contributed by atoms with E-state index in [0.29, 0.717) is 12.8 Å². The smallest absolute Gasteiger partial charge is 0.241 e. The normalized spacial score (nSPS) is 23.8. The predicted molar refractivity (Wildman–Crippen MR) is 74.1 cm³/mol. The second-order valence-corrected chi connectivity index (χ2v) is 6.89. The Kier molecular flexibility index (Phi) is 4.31. The highest BCUT2D eigenvalue weighted by Crippen LogP contribution is 2.24. The molecular weight excluding hydrogens is 283 g/mol. The molecule has 1 aliphatic rings. The minimum absolute atomic E-state index is 0.0250. The summed E-state index contributed by atoms with van der Waals surface area (Å²) in [5.74, 6) is -0.658. The Morgan fingerprint density at radius 1 is 1.35 bits per heavy atom. The molecule has 7 heteroatoms. The highest BCUT2D eigenvalue weighted by atomic mass is 32.2. The van der Waals surface area contributed by atoms with Crippen LogP contribution in [0.4, 0.5) is 10.1 Å². The fourth-order valence-electron chi connectivity index (χ4n) is 2.46. The van der Waals surface area contributed by atoms with Gasteiger partial charge in [-0.3, -0.25) is 0 Å². The topological polar surface area (TPSA) is 92.4 Å². The molecular formula is C13H19FN2O3S. The maximum absolute atomic E-state index is 13.6. The van der Waals surface area contributed by atoms with Gasteiger partial charge in [0.15, 0.2) is 0 Å². The highest BCUT2D eigenvalue weighted by molar-refractivity contribution is 7.89. The van der Waals surface area contributed by atoms with E-state index < -0.39 is 28.0 Å². The van der Waals surface area contributed by atoms with Gasteiger partial charge in [0.05, 0.1) is 11.0 Å².